The molecule has 0 fully saturated rings. The van der Waals surface area contributed by atoms with Gasteiger partial charge in [-0.25, -0.2) is 9.78 Å². The maximum Gasteiger partial charge on any atom is 0.337 e. The molecule has 0 spiro atoms. The van der Waals surface area contributed by atoms with E-state index in [0.29, 0.717) is 10.9 Å². The Kier molecular flexibility index (Phi) is 1.70. The van der Waals surface area contributed by atoms with Crippen LogP contribution in [0.4, 0.5) is 0 Å². The monoisotopic (exact) mass is 196 g/mol. The van der Waals surface area contributed by atoms with Gasteiger partial charge in [-0.3, -0.25) is 0 Å². The van der Waals surface area contributed by atoms with Gasteiger partial charge in [0.1, 0.15) is 0 Å². The highest BCUT2D eigenvalue weighted by Crippen LogP contribution is 2.22. The maximum absolute atomic E-state index is 10.7. The lowest BCUT2D eigenvalue weighted by Crippen LogP contribution is -1.93. The summed E-state index contributed by atoms with van der Waals surface area (Å²) in [5.41, 5.74) is 0.765. The van der Waals surface area contributed by atoms with Gasteiger partial charge in [0.25, 0.3) is 0 Å². The number of hydrogen-bond donors (Lipinski definition) is 2. The molecule has 0 aromatic carbocycles. The van der Waals surface area contributed by atoms with Crippen molar-refractivity contribution in [3.63, 3.8) is 0 Å². The molecule has 2 rings (SSSR count). The number of aromatic amines is 1. The van der Waals surface area contributed by atoms with Crippen LogP contribution in [0.25, 0.3) is 10.9 Å². The van der Waals surface area contributed by atoms with E-state index < -0.39 is 5.97 Å². The molecule has 66 valence electrons. The van der Waals surface area contributed by atoms with Gasteiger partial charge < -0.3 is 10.1 Å². The fourth-order valence-electron chi connectivity index (χ4n) is 1.20. The van der Waals surface area contributed by atoms with E-state index in [1.807, 2.05) is 0 Å². The number of pyridine rings is 1. The van der Waals surface area contributed by atoms with Crippen LogP contribution >= 0.6 is 11.6 Å². The summed E-state index contributed by atoms with van der Waals surface area (Å²) in [6, 6.07) is 1.61. The normalized spacial score (nSPS) is 10.5. The molecule has 0 saturated heterocycles. The van der Waals surface area contributed by atoms with Gasteiger partial charge in [-0.1, -0.05) is 11.6 Å². The lowest BCUT2D eigenvalue weighted by atomic mass is 10.2. The molecule has 2 aromatic rings. The van der Waals surface area contributed by atoms with Gasteiger partial charge in [0.15, 0.2) is 5.15 Å². The van der Waals surface area contributed by atoms with Gasteiger partial charge >= 0.3 is 5.97 Å². The number of H-pyrrole nitrogens is 1. The smallest absolute Gasteiger partial charge is 0.337 e. The van der Waals surface area contributed by atoms with E-state index in [0.717, 1.165) is 0 Å². The van der Waals surface area contributed by atoms with Gasteiger partial charge in [0.2, 0.25) is 0 Å². The number of aromatic carboxylic acids is 1. The first-order chi connectivity index (χ1) is 6.20. The predicted octanol–water partition coefficient (Wildman–Crippen LogP) is 1.91. The molecule has 5 heteroatoms. The predicted molar refractivity (Wildman–Crippen MR) is 48.1 cm³/mol. The van der Waals surface area contributed by atoms with Gasteiger partial charge in [-0.15, -0.1) is 0 Å². The highest BCUT2D eigenvalue weighted by molar-refractivity contribution is 6.34. The molecular formula is C8H5ClN2O2. The molecule has 13 heavy (non-hydrogen) atoms. The summed E-state index contributed by atoms with van der Waals surface area (Å²) in [7, 11) is 0. The SMILES string of the molecule is O=C(O)c1c[nH]c2c(Cl)nccc12. The minimum Gasteiger partial charge on any atom is -0.478 e. The maximum atomic E-state index is 10.7. The van der Waals surface area contributed by atoms with Crippen LogP contribution in [-0.2, 0) is 0 Å². The number of rotatable bonds is 1. The summed E-state index contributed by atoms with van der Waals surface area (Å²) in [6.45, 7) is 0. The Hall–Kier alpha value is -1.55. The Balaban J connectivity index is 2.83. The zero-order chi connectivity index (χ0) is 9.42. The van der Waals surface area contributed by atoms with E-state index in [4.69, 9.17) is 16.7 Å². The first-order valence-electron chi connectivity index (χ1n) is 3.55. The summed E-state index contributed by atoms with van der Waals surface area (Å²) < 4.78 is 0. The topological polar surface area (TPSA) is 66.0 Å². The molecule has 0 saturated carbocycles. The molecule has 0 aliphatic carbocycles. The van der Waals surface area contributed by atoms with Crippen molar-refractivity contribution < 1.29 is 9.90 Å². The highest BCUT2D eigenvalue weighted by Gasteiger charge is 2.11. The Morgan fingerprint density at radius 3 is 3.08 bits per heavy atom. The summed E-state index contributed by atoms with van der Waals surface area (Å²) in [4.78, 5) is 17.3. The summed E-state index contributed by atoms with van der Waals surface area (Å²) in [5, 5.41) is 9.64. The molecule has 0 aliphatic rings. The van der Waals surface area contributed by atoms with E-state index in [1.54, 1.807) is 6.07 Å². The zero-order valence-electron chi connectivity index (χ0n) is 6.41. The third-order valence-electron chi connectivity index (χ3n) is 1.79. The lowest BCUT2D eigenvalue weighted by Gasteiger charge is -1.92. The third-order valence-corrected chi connectivity index (χ3v) is 2.07. The number of carboxylic acid groups (broad SMARTS) is 1. The number of nitrogens with one attached hydrogen (secondary N) is 1. The molecule has 4 nitrogen and oxygen atoms in total. The highest BCUT2D eigenvalue weighted by atomic mass is 35.5. The standard InChI is InChI=1S/C8H5ClN2O2/c9-7-6-4(1-2-10-7)5(3-11-6)8(12)13/h1-3,11H,(H,12,13). The average molecular weight is 197 g/mol. The van der Waals surface area contributed by atoms with Gasteiger partial charge in [-0.05, 0) is 6.07 Å². The molecule has 2 N–H and O–H groups in total. The largest absolute Gasteiger partial charge is 0.478 e. The van der Waals surface area contributed by atoms with Crippen LogP contribution in [0.15, 0.2) is 18.5 Å². The van der Waals surface area contributed by atoms with Crippen molar-refractivity contribution in [2.75, 3.05) is 0 Å². The van der Waals surface area contributed by atoms with Crippen LogP contribution < -0.4 is 0 Å². The minimum absolute atomic E-state index is 0.208. The summed E-state index contributed by atoms with van der Waals surface area (Å²) in [6.07, 6.45) is 2.88. The molecular weight excluding hydrogens is 192 g/mol. The first-order valence-corrected chi connectivity index (χ1v) is 3.93. The van der Waals surface area contributed by atoms with Crippen LogP contribution in [0.2, 0.25) is 5.15 Å². The summed E-state index contributed by atoms with van der Waals surface area (Å²) in [5.74, 6) is -0.978. The van der Waals surface area contributed by atoms with Crippen molar-refractivity contribution in [1.29, 1.82) is 0 Å². The Labute approximate surface area is 78.2 Å². The van der Waals surface area contributed by atoms with Crippen molar-refractivity contribution in [3.05, 3.63) is 29.2 Å². The van der Waals surface area contributed by atoms with Crippen molar-refractivity contribution >= 4 is 28.5 Å². The lowest BCUT2D eigenvalue weighted by molar-refractivity contribution is 0.0699. The van der Waals surface area contributed by atoms with E-state index in [1.165, 1.54) is 12.4 Å². The van der Waals surface area contributed by atoms with Crippen LogP contribution in [0.3, 0.4) is 0 Å². The molecule has 0 amide bonds. The third kappa shape index (κ3) is 1.15. The second-order valence-corrected chi connectivity index (χ2v) is 2.89. The number of aromatic nitrogens is 2. The molecule has 0 atom stereocenters. The number of halogens is 1. The second kappa shape index (κ2) is 2.74. The number of carbonyl (C=O) groups is 1. The van der Waals surface area contributed by atoms with Crippen LogP contribution in [-0.4, -0.2) is 21.0 Å². The quantitative estimate of drug-likeness (QED) is 0.685. The molecule has 0 bridgehead atoms. The van der Waals surface area contributed by atoms with Crippen molar-refractivity contribution in [2.24, 2.45) is 0 Å². The fourth-order valence-corrected chi connectivity index (χ4v) is 1.41. The van der Waals surface area contributed by atoms with Gasteiger partial charge in [0, 0.05) is 17.8 Å². The Morgan fingerprint density at radius 1 is 1.62 bits per heavy atom. The van der Waals surface area contributed by atoms with Gasteiger partial charge in [-0.2, -0.15) is 0 Å². The minimum atomic E-state index is -0.978. The Bertz CT molecular complexity index is 478. The van der Waals surface area contributed by atoms with Crippen molar-refractivity contribution in [2.45, 2.75) is 0 Å². The average Bonchev–Trinajstić information content (AvgIpc) is 2.48. The molecule has 2 heterocycles. The van der Waals surface area contributed by atoms with E-state index in [9.17, 15) is 4.79 Å². The molecule has 0 radical (unpaired) electrons. The molecule has 0 aliphatic heterocycles. The number of fused-ring (bicyclic) bond motifs is 1. The van der Waals surface area contributed by atoms with Crippen molar-refractivity contribution in [3.8, 4) is 0 Å². The van der Waals surface area contributed by atoms with Crippen LogP contribution in [0, 0.1) is 0 Å². The summed E-state index contributed by atoms with van der Waals surface area (Å²) >= 11 is 5.74. The van der Waals surface area contributed by atoms with E-state index in [2.05, 4.69) is 9.97 Å². The van der Waals surface area contributed by atoms with E-state index >= 15 is 0 Å². The number of carboxylic acids is 1. The number of nitrogens with zero attached hydrogens (tertiary/aromatic N) is 1. The molecule has 0 unspecified atom stereocenters. The zero-order valence-corrected chi connectivity index (χ0v) is 7.17. The Morgan fingerprint density at radius 2 is 2.38 bits per heavy atom. The van der Waals surface area contributed by atoms with E-state index in [-0.39, 0.29) is 10.7 Å². The fraction of sp³-hybridized carbons (Fsp3) is 0. The van der Waals surface area contributed by atoms with Crippen LogP contribution in [0.1, 0.15) is 10.4 Å². The van der Waals surface area contributed by atoms with Crippen molar-refractivity contribution in [1.82, 2.24) is 9.97 Å². The molecule has 2 aromatic heterocycles. The van der Waals surface area contributed by atoms with Gasteiger partial charge in [0.05, 0.1) is 11.1 Å². The van der Waals surface area contributed by atoms with Crippen LogP contribution in [0.5, 0.6) is 0 Å². The number of hydrogen-bond acceptors (Lipinski definition) is 2. The second-order valence-electron chi connectivity index (χ2n) is 2.53. The first kappa shape index (κ1) is 8.07.